The number of nitrogens with zero attached hydrogens (tertiary/aromatic N) is 3. The largest absolute Gasteiger partial charge is 0.465 e. The van der Waals surface area contributed by atoms with E-state index in [9.17, 15) is 26.8 Å². The van der Waals surface area contributed by atoms with Crippen LogP contribution in [-0.4, -0.2) is 65.2 Å². The quantitative estimate of drug-likeness (QED) is 0.495. The number of carboxylic acid groups (broad SMARTS) is 1. The second-order valence-electron chi connectivity index (χ2n) is 10.1. The molecule has 13 heteroatoms. The van der Waals surface area contributed by atoms with E-state index in [1.165, 1.54) is 11.0 Å². The van der Waals surface area contributed by atoms with Crippen LogP contribution in [0.3, 0.4) is 0 Å². The topological polar surface area (TPSA) is 140 Å². The van der Waals surface area contributed by atoms with Crippen LogP contribution in [0.25, 0.3) is 11.1 Å². The molecule has 2 N–H and O–H groups in total. The average molecular weight is 581 g/mol. The van der Waals surface area contributed by atoms with Crippen molar-refractivity contribution in [3.05, 3.63) is 47.7 Å². The van der Waals surface area contributed by atoms with Gasteiger partial charge in [-0.25, -0.2) is 27.0 Å². The minimum Gasteiger partial charge on any atom is -0.465 e. The molecule has 2 aliphatic carbocycles. The lowest BCUT2D eigenvalue weighted by atomic mass is 10.1. The fraction of sp³-hybridized carbons (Fsp3) is 0.462. The second kappa shape index (κ2) is 11.1. The van der Waals surface area contributed by atoms with Crippen molar-refractivity contribution in [3.8, 4) is 17.2 Å². The number of carbonyl (C=O) groups is 2. The minimum atomic E-state index is -3.66. The van der Waals surface area contributed by atoms with Crippen molar-refractivity contribution in [2.24, 2.45) is 5.92 Å². The number of amides is 2. The van der Waals surface area contributed by atoms with Gasteiger partial charge >= 0.3 is 6.09 Å². The summed E-state index contributed by atoms with van der Waals surface area (Å²) in [6, 6.07) is 11.9. The highest BCUT2D eigenvalue weighted by Crippen LogP contribution is 2.38. The number of nitriles is 1. The van der Waals surface area contributed by atoms with Gasteiger partial charge in [-0.15, -0.1) is 0 Å². The molecule has 9 nitrogen and oxygen atoms in total. The van der Waals surface area contributed by atoms with Crippen LogP contribution in [0.4, 0.5) is 13.6 Å². The molecule has 1 aromatic heterocycles. The van der Waals surface area contributed by atoms with Crippen molar-refractivity contribution in [3.63, 3.8) is 0 Å². The van der Waals surface area contributed by atoms with Gasteiger partial charge in [-0.3, -0.25) is 4.79 Å². The van der Waals surface area contributed by atoms with E-state index < -0.39 is 45.1 Å². The van der Waals surface area contributed by atoms with Gasteiger partial charge in [0.1, 0.15) is 10.7 Å². The average Bonchev–Trinajstić information content (AvgIpc) is 3.30. The van der Waals surface area contributed by atoms with Crippen LogP contribution in [-0.2, 0) is 14.6 Å². The molecular formula is C26H27ClF2N4O5S. The van der Waals surface area contributed by atoms with E-state index in [4.69, 9.17) is 22.0 Å². The third kappa shape index (κ3) is 6.83. The number of aromatic nitrogens is 1. The third-order valence-corrected chi connectivity index (χ3v) is 9.61. The third-order valence-electron chi connectivity index (χ3n) is 7.19. The SMILES string of the molecule is N#CC1(NC(=O)O)CC1.O=C([C@@H]1CC[C@@H](S(=O)(=O)c2cccc(-c3ccnc(Cl)c3)c2)C1)N1CCC(F)(F)C1. The zero-order chi connectivity index (χ0) is 28.4. The molecule has 2 heterocycles. The van der Waals surface area contributed by atoms with Gasteiger partial charge in [0, 0.05) is 25.1 Å². The standard InChI is InChI=1S/C21H21ClF2N2O3S.C5H6N2O2/c22-19-12-15(6-8-25-19)14-2-1-3-17(10-14)30(28,29)18-5-4-16(11-18)20(27)26-9-7-21(23,24)13-26;6-3-5(1-2-5)7-4(8)9/h1-3,6,8,10,12,16,18H,4-5,7,9,11,13H2;7H,1-2H2,(H,8,9)/t16-,18-;/m1./s1. The molecular weight excluding hydrogens is 554 g/mol. The maximum Gasteiger partial charge on any atom is 0.405 e. The van der Waals surface area contributed by atoms with E-state index in [2.05, 4.69) is 10.3 Å². The molecule has 0 unspecified atom stereocenters. The summed E-state index contributed by atoms with van der Waals surface area (Å²) >= 11 is 5.93. The normalized spacial score (nSPS) is 22.8. The first-order valence-corrected chi connectivity index (χ1v) is 14.3. The molecule has 3 fully saturated rings. The summed E-state index contributed by atoms with van der Waals surface area (Å²) in [6.07, 6.45) is 2.29. The lowest BCUT2D eigenvalue weighted by molar-refractivity contribution is -0.135. The Labute approximate surface area is 229 Å². The number of carbonyl (C=O) groups excluding carboxylic acids is 1. The molecule has 0 radical (unpaired) electrons. The molecule has 208 valence electrons. The summed E-state index contributed by atoms with van der Waals surface area (Å²) in [5.41, 5.74) is 0.720. The smallest absolute Gasteiger partial charge is 0.405 e. The Bertz CT molecular complexity index is 1410. The number of hydrogen-bond donors (Lipinski definition) is 2. The van der Waals surface area contributed by atoms with Crippen LogP contribution in [0.1, 0.15) is 38.5 Å². The molecule has 0 spiro atoms. The lowest BCUT2D eigenvalue weighted by Gasteiger charge is -2.20. The summed E-state index contributed by atoms with van der Waals surface area (Å²) in [6.45, 7) is -0.549. The Morgan fingerprint density at radius 3 is 2.44 bits per heavy atom. The van der Waals surface area contributed by atoms with E-state index in [-0.39, 0.29) is 30.2 Å². The first-order chi connectivity index (χ1) is 18.3. The highest BCUT2D eigenvalue weighted by molar-refractivity contribution is 7.92. The number of alkyl halides is 2. The fourth-order valence-electron chi connectivity index (χ4n) is 4.85. The molecule has 0 bridgehead atoms. The molecule has 3 aliphatic rings. The van der Waals surface area contributed by atoms with Crippen molar-refractivity contribution < 1.29 is 31.9 Å². The van der Waals surface area contributed by atoms with Crippen LogP contribution in [0.2, 0.25) is 5.15 Å². The zero-order valence-electron chi connectivity index (χ0n) is 20.8. The van der Waals surface area contributed by atoms with E-state index in [0.29, 0.717) is 36.4 Å². The maximum atomic E-state index is 13.4. The maximum absolute atomic E-state index is 13.4. The Balaban J connectivity index is 0.000000333. The van der Waals surface area contributed by atoms with Crippen LogP contribution in [0.5, 0.6) is 0 Å². The molecule has 1 aliphatic heterocycles. The van der Waals surface area contributed by atoms with Gasteiger partial charge < -0.3 is 15.3 Å². The van der Waals surface area contributed by atoms with Gasteiger partial charge in [0.2, 0.25) is 5.91 Å². The molecule has 1 saturated heterocycles. The van der Waals surface area contributed by atoms with Crippen molar-refractivity contribution in [2.45, 2.75) is 60.1 Å². The van der Waals surface area contributed by atoms with Crippen molar-refractivity contribution in [1.82, 2.24) is 15.2 Å². The molecule has 2 saturated carbocycles. The van der Waals surface area contributed by atoms with Gasteiger partial charge in [0.15, 0.2) is 9.84 Å². The van der Waals surface area contributed by atoms with E-state index in [1.54, 1.807) is 36.5 Å². The fourth-order valence-corrected chi connectivity index (χ4v) is 6.90. The molecule has 5 rings (SSSR count). The zero-order valence-corrected chi connectivity index (χ0v) is 22.4. The first-order valence-electron chi connectivity index (χ1n) is 12.4. The number of sulfone groups is 1. The highest BCUT2D eigenvalue weighted by Gasteiger charge is 2.45. The number of likely N-dealkylation sites (tertiary alicyclic amines) is 1. The van der Waals surface area contributed by atoms with Gasteiger partial charge in [-0.2, -0.15) is 5.26 Å². The van der Waals surface area contributed by atoms with Crippen molar-refractivity contribution >= 4 is 33.4 Å². The second-order valence-corrected chi connectivity index (χ2v) is 12.7. The Morgan fingerprint density at radius 2 is 1.87 bits per heavy atom. The molecule has 2 amide bonds. The van der Waals surface area contributed by atoms with Gasteiger partial charge in [-0.1, -0.05) is 23.7 Å². The minimum absolute atomic E-state index is 0.0241. The van der Waals surface area contributed by atoms with Crippen molar-refractivity contribution in [2.75, 3.05) is 13.1 Å². The molecule has 1 aromatic carbocycles. The number of hydrogen-bond acceptors (Lipinski definition) is 6. The molecule has 2 aromatic rings. The Hall–Kier alpha value is -3.30. The van der Waals surface area contributed by atoms with Gasteiger partial charge in [0.05, 0.1) is 22.8 Å². The van der Waals surface area contributed by atoms with E-state index in [0.717, 1.165) is 5.56 Å². The molecule has 39 heavy (non-hydrogen) atoms. The Kier molecular flexibility index (Phi) is 8.14. The predicted octanol–water partition coefficient (Wildman–Crippen LogP) is 4.52. The summed E-state index contributed by atoms with van der Waals surface area (Å²) < 4.78 is 53.2. The summed E-state index contributed by atoms with van der Waals surface area (Å²) in [5, 5.41) is 18.2. The van der Waals surface area contributed by atoms with Crippen LogP contribution in [0.15, 0.2) is 47.5 Å². The van der Waals surface area contributed by atoms with Crippen LogP contribution >= 0.6 is 11.6 Å². The number of pyridine rings is 1. The lowest BCUT2D eigenvalue weighted by Crippen LogP contribution is -2.35. The Morgan fingerprint density at radius 1 is 1.15 bits per heavy atom. The summed E-state index contributed by atoms with van der Waals surface area (Å²) in [5.74, 6) is -3.73. The van der Waals surface area contributed by atoms with E-state index in [1.807, 2.05) is 6.07 Å². The van der Waals surface area contributed by atoms with Gasteiger partial charge in [0.25, 0.3) is 5.92 Å². The van der Waals surface area contributed by atoms with Crippen LogP contribution in [0, 0.1) is 17.2 Å². The first kappa shape index (κ1) is 28.7. The van der Waals surface area contributed by atoms with Crippen LogP contribution < -0.4 is 5.32 Å². The van der Waals surface area contributed by atoms with Crippen molar-refractivity contribution in [1.29, 1.82) is 5.26 Å². The monoisotopic (exact) mass is 580 g/mol. The molecule has 2 atom stereocenters. The number of halogens is 3. The van der Waals surface area contributed by atoms with E-state index >= 15 is 0 Å². The number of rotatable bonds is 5. The number of benzene rings is 1. The summed E-state index contributed by atoms with van der Waals surface area (Å²) in [4.78, 5) is 27.8. The predicted molar refractivity (Wildman–Crippen MR) is 138 cm³/mol. The summed E-state index contributed by atoms with van der Waals surface area (Å²) in [7, 11) is -3.66. The highest BCUT2D eigenvalue weighted by atomic mass is 35.5. The van der Waals surface area contributed by atoms with Gasteiger partial charge in [-0.05, 0) is 67.5 Å². The number of nitrogens with one attached hydrogen (secondary N) is 1.